The summed E-state index contributed by atoms with van der Waals surface area (Å²) in [5.41, 5.74) is 1.19. The van der Waals surface area contributed by atoms with Crippen molar-refractivity contribution in [3.8, 4) is 5.75 Å². The molecule has 1 saturated carbocycles. The van der Waals surface area contributed by atoms with Gasteiger partial charge < -0.3 is 10.1 Å². The molecular weight excluding hydrogens is 381 g/mol. The lowest BCUT2D eigenvalue weighted by Crippen LogP contribution is -2.48. The Morgan fingerprint density at radius 1 is 1.17 bits per heavy atom. The van der Waals surface area contributed by atoms with Crippen LogP contribution in [0.1, 0.15) is 37.7 Å². The topological polar surface area (TPSA) is 54.5 Å². The van der Waals surface area contributed by atoms with Crippen LogP contribution in [0.25, 0.3) is 0 Å². The van der Waals surface area contributed by atoms with Crippen LogP contribution in [-0.2, 0) is 11.3 Å². The molecule has 30 heavy (non-hydrogen) atoms. The monoisotopic (exact) mass is 411 g/mol. The Hall–Kier alpha value is -2.47. The molecule has 1 aliphatic heterocycles. The van der Waals surface area contributed by atoms with E-state index in [1.165, 1.54) is 30.5 Å². The molecule has 0 unspecified atom stereocenters. The Morgan fingerprint density at radius 3 is 2.73 bits per heavy atom. The molecule has 0 spiro atoms. The first kappa shape index (κ1) is 20.8. The number of amides is 1. The highest BCUT2D eigenvalue weighted by Gasteiger charge is 2.33. The molecule has 2 atom stereocenters. The number of halogens is 1. The number of benzene rings is 1. The maximum absolute atomic E-state index is 13.5. The minimum Gasteiger partial charge on any atom is -0.493 e. The lowest BCUT2D eigenvalue weighted by Gasteiger charge is -2.37. The third kappa shape index (κ3) is 5.79. The summed E-state index contributed by atoms with van der Waals surface area (Å²) in [6.45, 7) is 2.86. The summed E-state index contributed by atoms with van der Waals surface area (Å²) in [5, 5.41) is 3.27. The number of hydrogen-bond donors (Lipinski definition) is 1. The van der Waals surface area contributed by atoms with Crippen LogP contribution in [0.2, 0.25) is 0 Å². The normalized spacial score (nSPS) is 22.7. The van der Waals surface area contributed by atoms with Gasteiger partial charge in [-0.3, -0.25) is 14.7 Å². The summed E-state index contributed by atoms with van der Waals surface area (Å²) in [6, 6.07) is 10.6. The zero-order chi connectivity index (χ0) is 20.8. The van der Waals surface area contributed by atoms with Crippen LogP contribution < -0.4 is 10.1 Å². The molecule has 1 aliphatic carbocycles. The molecule has 6 heteroatoms. The lowest BCUT2D eigenvalue weighted by atomic mass is 9.88. The highest BCUT2D eigenvalue weighted by atomic mass is 19.1. The molecule has 5 nitrogen and oxygen atoms in total. The summed E-state index contributed by atoms with van der Waals surface area (Å²) in [7, 11) is 0. The van der Waals surface area contributed by atoms with Gasteiger partial charge in [-0.1, -0.05) is 18.9 Å². The van der Waals surface area contributed by atoms with Crippen LogP contribution in [0.15, 0.2) is 48.8 Å². The second-order valence-electron chi connectivity index (χ2n) is 8.61. The number of hydrogen-bond acceptors (Lipinski definition) is 4. The van der Waals surface area contributed by atoms with Crippen molar-refractivity contribution in [3.63, 3.8) is 0 Å². The molecule has 4 rings (SSSR count). The van der Waals surface area contributed by atoms with Gasteiger partial charge in [0, 0.05) is 50.1 Å². The largest absolute Gasteiger partial charge is 0.493 e. The SMILES string of the molecule is O=C(NC1CCCC1)[C@@H]1C[C@H](COc2cccc(F)c2)CN(Cc2ccncc2)C1. The number of piperidine rings is 1. The average molecular weight is 412 g/mol. The summed E-state index contributed by atoms with van der Waals surface area (Å²) in [4.78, 5) is 19.4. The molecule has 1 saturated heterocycles. The van der Waals surface area contributed by atoms with Crippen molar-refractivity contribution in [1.82, 2.24) is 15.2 Å². The van der Waals surface area contributed by atoms with Crippen LogP contribution in [0, 0.1) is 17.7 Å². The summed E-state index contributed by atoms with van der Waals surface area (Å²) in [6.07, 6.45) is 8.97. The van der Waals surface area contributed by atoms with E-state index in [0.717, 1.165) is 38.9 Å². The molecule has 1 amide bonds. The van der Waals surface area contributed by atoms with E-state index in [0.29, 0.717) is 18.4 Å². The first-order valence-corrected chi connectivity index (χ1v) is 11.0. The van der Waals surface area contributed by atoms with Crippen molar-refractivity contribution in [2.75, 3.05) is 19.7 Å². The number of ether oxygens (including phenoxy) is 1. The van der Waals surface area contributed by atoms with Crippen LogP contribution in [-0.4, -0.2) is 41.5 Å². The van der Waals surface area contributed by atoms with Crippen molar-refractivity contribution >= 4 is 5.91 Å². The van der Waals surface area contributed by atoms with E-state index >= 15 is 0 Å². The van der Waals surface area contributed by atoms with Gasteiger partial charge in [-0.2, -0.15) is 0 Å². The van der Waals surface area contributed by atoms with Gasteiger partial charge in [0.25, 0.3) is 0 Å². The van der Waals surface area contributed by atoms with Gasteiger partial charge in [0.15, 0.2) is 0 Å². The van der Waals surface area contributed by atoms with E-state index in [1.807, 2.05) is 12.1 Å². The van der Waals surface area contributed by atoms with Crippen LogP contribution in [0.4, 0.5) is 4.39 Å². The Balaban J connectivity index is 1.40. The van der Waals surface area contributed by atoms with Gasteiger partial charge in [0.05, 0.1) is 12.5 Å². The second kappa shape index (κ2) is 10.0. The molecule has 2 fully saturated rings. The Bertz CT molecular complexity index is 826. The Labute approximate surface area is 177 Å². The third-order valence-corrected chi connectivity index (χ3v) is 6.12. The van der Waals surface area contributed by atoms with E-state index in [-0.39, 0.29) is 23.6 Å². The first-order valence-electron chi connectivity index (χ1n) is 11.0. The molecule has 0 bridgehead atoms. The summed E-state index contributed by atoms with van der Waals surface area (Å²) in [5.74, 6) is 0.556. The van der Waals surface area contributed by atoms with Gasteiger partial charge in [-0.15, -0.1) is 0 Å². The van der Waals surface area contributed by atoms with Crippen molar-refractivity contribution < 1.29 is 13.9 Å². The minimum atomic E-state index is -0.302. The van der Waals surface area contributed by atoms with Crippen LogP contribution in [0.3, 0.4) is 0 Å². The number of carbonyl (C=O) groups excluding carboxylic acids is 1. The molecule has 1 aromatic heterocycles. The predicted molar refractivity (Wildman–Crippen MR) is 113 cm³/mol. The van der Waals surface area contributed by atoms with E-state index in [9.17, 15) is 9.18 Å². The molecule has 1 N–H and O–H groups in total. The van der Waals surface area contributed by atoms with E-state index < -0.39 is 0 Å². The highest BCUT2D eigenvalue weighted by Crippen LogP contribution is 2.26. The summed E-state index contributed by atoms with van der Waals surface area (Å²) < 4.78 is 19.3. The Kier molecular flexibility index (Phi) is 6.95. The number of nitrogens with zero attached hydrogens (tertiary/aromatic N) is 2. The zero-order valence-corrected chi connectivity index (χ0v) is 17.3. The average Bonchev–Trinajstić information content (AvgIpc) is 3.26. The van der Waals surface area contributed by atoms with E-state index in [4.69, 9.17) is 4.74 Å². The number of aromatic nitrogens is 1. The van der Waals surface area contributed by atoms with Crippen molar-refractivity contribution in [2.24, 2.45) is 11.8 Å². The molecule has 1 aromatic carbocycles. The number of rotatable bonds is 7. The zero-order valence-electron chi connectivity index (χ0n) is 17.3. The quantitative estimate of drug-likeness (QED) is 0.753. The van der Waals surface area contributed by atoms with E-state index in [2.05, 4.69) is 15.2 Å². The maximum Gasteiger partial charge on any atom is 0.224 e. The fourth-order valence-corrected chi connectivity index (χ4v) is 4.65. The second-order valence-corrected chi connectivity index (χ2v) is 8.61. The minimum absolute atomic E-state index is 0.0534. The Morgan fingerprint density at radius 2 is 1.97 bits per heavy atom. The highest BCUT2D eigenvalue weighted by molar-refractivity contribution is 5.79. The van der Waals surface area contributed by atoms with E-state index in [1.54, 1.807) is 24.5 Å². The van der Waals surface area contributed by atoms with Gasteiger partial charge in [-0.05, 0) is 49.1 Å². The van der Waals surface area contributed by atoms with Gasteiger partial charge in [-0.25, -0.2) is 4.39 Å². The summed E-state index contributed by atoms with van der Waals surface area (Å²) >= 11 is 0. The number of nitrogens with one attached hydrogen (secondary N) is 1. The molecule has 0 radical (unpaired) electrons. The van der Waals surface area contributed by atoms with Gasteiger partial charge >= 0.3 is 0 Å². The first-order chi connectivity index (χ1) is 14.7. The van der Waals surface area contributed by atoms with Crippen LogP contribution in [0.5, 0.6) is 5.75 Å². The molecule has 2 heterocycles. The molecular formula is C24H30FN3O2. The predicted octanol–water partition coefficient (Wildman–Crippen LogP) is 3.80. The fourth-order valence-electron chi connectivity index (χ4n) is 4.65. The van der Waals surface area contributed by atoms with Crippen molar-refractivity contribution in [3.05, 3.63) is 60.2 Å². The molecule has 160 valence electrons. The molecule has 2 aliphatic rings. The number of likely N-dealkylation sites (tertiary alicyclic amines) is 1. The van der Waals surface area contributed by atoms with Crippen molar-refractivity contribution in [1.29, 1.82) is 0 Å². The van der Waals surface area contributed by atoms with Crippen LogP contribution >= 0.6 is 0 Å². The fraction of sp³-hybridized carbons (Fsp3) is 0.500. The standard InChI is InChI=1S/C24H30FN3O2/c25-21-4-3-7-23(13-21)30-17-19-12-20(24(29)27-22-5-1-2-6-22)16-28(15-19)14-18-8-10-26-11-9-18/h3-4,7-11,13,19-20,22H,1-2,5-6,12,14-17H2,(H,27,29)/t19-,20+/m0/s1. The maximum atomic E-state index is 13.5. The van der Waals surface area contributed by atoms with Gasteiger partial charge in [0.1, 0.15) is 11.6 Å². The smallest absolute Gasteiger partial charge is 0.224 e. The lowest BCUT2D eigenvalue weighted by molar-refractivity contribution is -0.128. The number of carbonyl (C=O) groups is 1. The molecule has 2 aromatic rings. The van der Waals surface area contributed by atoms with Crippen molar-refractivity contribution in [2.45, 2.75) is 44.7 Å². The van der Waals surface area contributed by atoms with Gasteiger partial charge in [0.2, 0.25) is 5.91 Å². The number of pyridine rings is 1. The third-order valence-electron chi connectivity index (χ3n) is 6.12.